The fourth-order valence-electron chi connectivity index (χ4n) is 8.57. The van der Waals surface area contributed by atoms with Crippen LogP contribution in [0, 0.1) is 0 Å². The van der Waals surface area contributed by atoms with E-state index >= 15 is 0 Å². The molecule has 11 aromatic rings. The highest BCUT2D eigenvalue weighted by Gasteiger charge is 2.21. The van der Waals surface area contributed by atoms with Crippen LogP contribution in [0.1, 0.15) is 0 Å². The zero-order chi connectivity index (χ0) is 40.5. The van der Waals surface area contributed by atoms with E-state index in [0.717, 1.165) is 66.7 Å². The maximum absolute atomic E-state index is 5.46. The van der Waals surface area contributed by atoms with Crippen molar-refractivity contribution in [2.45, 2.75) is 0 Å². The summed E-state index contributed by atoms with van der Waals surface area (Å²) in [7, 11) is 0. The molecule has 0 spiro atoms. The van der Waals surface area contributed by atoms with Crippen LogP contribution in [0.25, 0.3) is 106 Å². The van der Waals surface area contributed by atoms with Gasteiger partial charge in [-0.2, -0.15) is 0 Å². The summed E-state index contributed by atoms with van der Waals surface area (Å²) in [6, 6.07) is 84.0. The molecule has 3 heteroatoms. The Labute approximate surface area is 355 Å². The number of nitrogens with zero attached hydrogens (tertiary/aromatic N) is 3. The Bertz CT molecular complexity index is 3330. The lowest BCUT2D eigenvalue weighted by atomic mass is 9.94. The molecule has 0 radical (unpaired) electrons. The molecule has 0 unspecified atom stereocenters. The zero-order valence-corrected chi connectivity index (χ0v) is 33.4. The predicted octanol–water partition coefficient (Wildman–Crippen LogP) is 15.2. The number of benzene rings is 9. The van der Waals surface area contributed by atoms with Crippen LogP contribution in [-0.4, -0.2) is 14.5 Å². The van der Waals surface area contributed by atoms with Gasteiger partial charge in [-0.05, 0) is 98.1 Å². The number of hydrogen-bond acceptors (Lipinski definition) is 2. The number of rotatable bonds is 8. The highest BCUT2D eigenvalue weighted by molar-refractivity contribution is 6.11. The SMILES string of the molecule is c1ccc(-c2ccc(-c3nc(-c4cccc(-c5cccc(-c6cccc(-c7cccc(-c8ccccc8)c7)c6)c5)c4)nc4c5ccccc5n(-c5ccccc5)c34)cc2)cc1. The van der Waals surface area contributed by atoms with E-state index in [1.54, 1.807) is 0 Å². The Balaban J connectivity index is 1.01. The summed E-state index contributed by atoms with van der Waals surface area (Å²) in [4.78, 5) is 10.9. The Hall–Kier alpha value is -8.14. The molecule has 0 bridgehead atoms. The van der Waals surface area contributed by atoms with Crippen molar-refractivity contribution < 1.29 is 0 Å². The van der Waals surface area contributed by atoms with Crippen molar-refractivity contribution in [3.05, 3.63) is 237 Å². The van der Waals surface area contributed by atoms with Gasteiger partial charge in [0, 0.05) is 22.2 Å². The van der Waals surface area contributed by atoms with Crippen molar-refractivity contribution in [1.29, 1.82) is 0 Å². The van der Waals surface area contributed by atoms with Crippen LogP contribution in [0.4, 0.5) is 0 Å². The number of aromatic nitrogens is 3. The Kier molecular flexibility index (Phi) is 9.18. The first-order valence-electron chi connectivity index (χ1n) is 20.7. The average molecular weight is 778 g/mol. The second-order valence-corrected chi connectivity index (χ2v) is 15.4. The number of para-hydroxylation sites is 2. The Morgan fingerprint density at radius 2 is 0.656 bits per heavy atom. The van der Waals surface area contributed by atoms with Gasteiger partial charge >= 0.3 is 0 Å². The molecule has 286 valence electrons. The predicted molar refractivity (Wildman–Crippen MR) is 254 cm³/mol. The van der Waals surface area contributed by atoms with E-state index < -0.39 is 0 Å². The quantitative estimate of drug-likeness (QED) is 0.154. The van der Waals surface area contributed by atoms with Gasteiger partial charge in [-0.1, -0.05) is 194 Å². The van der Waals surface area contributed by atoms with Crippen molar-refractivity contribution in [2.24, 2.45) is 0 Å². The lowest BCUT2D eigenvalue weighted by Crippen LogP contribution is -2.00. The molecule has 0 atom stereocenters. The maximum atomic E-state index is 5.46. The standard InChI is InChI=1S/C58H39N3/c1-4-16-40(17-5-1)42-32-34-43(35-33-42)55-57-56(53-30-10-11-31-54(53)61(57)52-28-8-3-9-29-52)60-58(59-55)51-27-15-26-50(39-51)49-25-14-24-48(38-49)47-23-13-22-46(37-47)45-21-12-20-44(36-45)41-18-6-2-7-19-41/h1-39H. The highest BCUT2D eigenvalue weighted by atomic mass is 15.0. The molecule has 0 aliphatic rings. The summed E-state index contributed by atoms with van der Waals surface area (Å²) in [5.41, 5.74) is 18.7. The van der Waals surface area contributed by atoms with Gasteiger partial charge in [0.15, 0.2) is 5.82 Å². The van der Waals surface area contributed by atoms with Gasteiger partial charge in [-0.3, -0.25) is 0 Å². The van der Waals surface area contributed by atoms with E-state index in [2.05, 4.69) is 241 Å². The molecule has 2 aromatic heterocycles. The van der Waals surface area contributed by atoms with Crippen LogP contribution in [-0.2, 0) is 0 Å². The summed E-state index contributed by atoms with van der Waals surface area (Å²) in [5, 5.41) is 1.09. The Morgan fingerprint density at radius 3 is 1.20 bits per heavy atom. The van der Waals surface area contributed by atoms with Gasteiger partial charge in [0.05, 0.1) is 16.7 Å². The summed E-state index contributed by atoms with van der Waals surface area (Å²) in [6.07, 6.45) is 0. The zero-order valence-electron chi connectivity index (χ0n) is 33.4. The van der Waals surface area contributed by atoms with E-state index in [4.69, 9.17) is 9.97 Å². The molecule has 9 aromatic carbocycles. The molecule has 0 aliphatic carbocycles. The average Bonchev–Trinajstić information content (AvgIpc) is 3.69. The molecular formula is C58H39N3. The molecule has 2 heterocycles. The second kappa shape index (κ2) is 15.6. The summed E-state index contributed by atoms with van der Waals surface area (Å²) >= 11 is 0. The molecule has 11 rings (SSSR count). The first-order valence-corrected chi connectivity index (χ1v) is 20.7. The van der Waals surface area contributed by atoms with E-state index in [-0.39, 0.29) is 0 Å². The monoisotopic (exact) mass is 777 g/mol. The third-order valence-electron chi connectivity index (χ3n) is 11.6. The molecule has 0 aliphatic heterocycles. The van der Waals surface area contributed by atoms with Gasteiger partial charge in [0.1, 0.15) is 5.52 Å². The highest BCUT2D eigenvalue weighted by Crippen LogP contribution is 2.39. The molecule has 0 amide bonds. The lowest BCUT2D eigenvalue weighted by Gasteiger charge is -2.13. The first-order chi connectivity index (χ1) is 30.2. The number of hydrogen-bond donors (Lipinski definition) is 0. The molecule has 0 fully saturated rings. The van der Waals surface area contributed by atoms with Crippen LogP contribution in [0.3, 0.4) is 0 Å². The Morgan fingerprint density at radius 1 is 0.279 bits per heavy atom. The fraction of sp³-hybridized carbons (Fsp3) is 0. The van der Waals surface area contributed by atoms with Crippen molar-refractivity contribution in [2.75, 3.05) is 0 Å². The normalized spacial score (nSPS) is 11.3. The maximum Gasteiger partial charge on any atom is 0.160 e. The minimum atomic E-state index is 0.689. The topological polar surface area (TPSA) is 30.7 Å². The third-order valence-corrected chi connectivity index (χ3v) is 11.6. The van der Waals surface area contributed by atoms with Gasteiger partial charge in [0.2, 0.25) is 0 Å². The molecule has 0 N–H and O–H groups in total. The summed E-state index contributed by atoms with van der Waals surface area (Å²) < 4.78 is 2.31. The van der Waals surface area contributed by atoms with Crippen molar-refractivity contribution in [1.82, 2.24) is 14.5 Å². The molecule has 3 nitrogen and oxygen atoms in total. The minimum absolute atomic E-state index is 0.689. The van der Waals surface area contributed by atoms with E-state index in [1.165, 1.54) is 33.4 Å². The third kappa shape index (κ3) is 6.88. The van der Waals surface area contributed by atoms with Gasteiger partial charge in [-0.15, -0.1) is 0 Å². The molecule has 61 heavy (non-hydrogen) atoms. The number of fused-ring (bicyclic) bond motifs is 3. The second-order valence-electron chi connectivity index (χ2n) is 15.4. The molecular weight excluding hydrogens is 739 g/mol. The van der Waals surface area contributed by atoms with Crippen LogP contribution in [0.15, 0.2) is 237 Å². The largest absolute Gasteiger partial charge is 0.306 e. The van der Waals surface area contributed by atoms with Crippen LogP contribution >= 0.6 is 0 Å². The molecule has 0 saturated carbocycles. The van der Waals surface area contributed by atoms with E-state index in [0.29, 0.717) is 5.82 Å². The van der Waals surface area contributed by atoms with E-state index in [9.17, 15) is 0 Å². The first kappa shape index (κ1) is 36.0. The van der Waals surface area contributed by atoms with Crippen molar-refractivity contribution in [3.8, 4) is 84.0 Å². The lowest BCUT2D eigenvalue weighted by molar-refractivity contribution is 1.15. The van der Waals surface area contributed by atoms with Crippen LogP contribution in [0.2, 0.25) is 0 Å². The smallest absolute Gasteiger partial charge is 0.160 e. The molecule has 0 saturated heterocycles. The van der Waals surface area contributed by atoms with Crippen molar-refractivity contribution in [3.63, 3.8) is 0 Å². The summed E-state index contributed by atoms with van der Waals surface area (Å²) in [5.74, 6) is 0.689. The van der Waals surface area contributed by atoms with Crippen LogP contribution in [0.5, 0.6) is 0 Å². The van der Waals surface area contributed by atoms with Gasteiger partial charge in [0.25, 0.3) is 0 Å². The minimum Gasteiger partial charge on any atom is -0.306 e. The van der Waals surface area contributed by atoms with E-state index in [1.807, 2.05) is 0 Å². The van der Waals surface area contributed by atoms with Crippen LogP contribution < -0.4 is 0 Å². The fourth-order valence-corrected chi connectivity index (χ4v) is 8.57. The van der Waals surface area contributed by atoms with Gasteiger partial charge in [-0.25, -0.2) is 9.97 Å². The van der Waals surface area contributed by atoms with Gasteiger partial charge < -0.3 is 4.57 Å². The van der Waals surface area contributed by atoms with Crippen molar-refractivity contribution >= 4 is 21.9 Å². The summed E-state index contributed by atoms with van der Waals surface area (Å²) in [6.45, 7) is 0.